The van der Waals surface area contributed by atoms with Gasteiger partial charge < -0.3 is 19.9 Å². The van der Waals surface area contributed by atoms with Gasteiger partial charge in [-0.05, 0) is 44.0 Å². The van der Waals surface area contributed by atoms with Crippen LogP contribution < -0.4 is 15.0 Å². The minimum atomic E-state index is -0.108. The van der Waals surface area contributed by atoms with Crippen LogP contribution in [-0.2, 0) is 4.79 Å². The minimum absolute atomic E-state index is 0. The Hall–Kier alpha value is -1.79. The van der Waals surface area contributed by atoms with Crippen LogP contribution in [0.3, 0.4) is 0 Å². The molecule has 0 spiro atoms. The number of benzene rings is 1. The number of fused-ring (bicyclic) bond motifs is 4. The lowest BCUT2D eigenvalue weighted by atomic mass is 9.84. The third-order valence-corrected chi connectivity index (χ3v) is 5.29. The second-order valence-electron chi connectivity index (χ2n) is 6.61. The number of piperidine rings is 3. The summed E-state index contributed by atoms with van der Waals surface area (Å²) in [6, 6.07) is 5.57. The first-order valence-corrected chi connectivity index (χ1v) is 8.19. The van der Waals surface area contributed by atoms with E-state index in [0.29, 0.717) is 22.9 Å². The Bertz CT molecular complexity index is 658. The highest BCUT2D eigenvalue weighted by Gasteiger charge is 2.36. The van der Waals surface area contributed by atoms with Crippen LogP contribution in [0.4, 0.5) is 5.69 Å². The molecule has 1 aromatic rings. The highest BCUT2D eigenvalue weighted by Crippen LogP contribution is 2.35. The largest absolute Gasteiger partial charge is 0.481 e. The average molecular weight is 352 g/mol. The summed E-state index contributed by atoms with van der Waals surface area (Å²) in [7, 11) is 1.71. The molecule has 1 aromatic carbocycles. The Morgan fingerprint density at radius 1 is 1.29 bits per heavy atom. The molecule has 4 aliphatic rings. The molecule has 0 radical (unpaired) electrons. The second kappa shape index (κ2) is 6.61. The second-order valence-corrected chi connectivity index (χ2v) is 6.61. The number of halogens is 1. The maximum Gasteiger partial charge on any atom is 0.264 e. The summed E-state index contributed by atoms with van der Waals surface area (Å²) >= 11 is 0. The highest BCUT2D eigenvalue weighted by atomic mass is 35.5. The fourth-order valence-corrected chi connectivity index (χ4v) is 3.86. The van der Waals surface area contributed by atoms with Crippen molar-refractivity contribution in [1.29, 1.82) is 0 Å². The number of anilines is 1. The van der Waals surface area contributed by atoms with E-state index in [1.807, 2.05) is 0 Å². The molecule has 3 fully saturated rings. The lowest BCUT2D eigenvalue weighted by Gasteiger charge is -2.45. The Morgan fingerprint density at radius 3 is 2.71 bits per heavy atom. The number of nitrogens with one attached hydrogen (secondary N) is 1. The van der Waals surface area contributed by atoms with Gasteiger partial charge in [0.15, 0.2) is 12.4 Å². The van der Waals surface area contributed by atoms with Gasteiger partial charge in [-0.3, -0.25) is 9.59 Å². The van der Waals surface area contributed by atoms with E-state index in [9.17, 15) is 9.59 Å². The molecular formula is C17H22ClN3O3. The Balaban J connectivity index is 0.00000169. The van der Waals surface area contributed by atoms with Gasteiger partial charge in [-0.1, -0.05) is 6.07 Å². The van der Waals surface area contributed by atoms with Gasteiger partial charge in [-0.2, -0.15) is 0 Å². The molecule has 0 aromatic heterocycles. The number of amides is 2. The van der Waals surface area contributed by atoms with Gasteiger partial charge in [-0.15, -0.1) is 12.4 Å². The predicted octanol–water partition coefficient (Wildman–Crippen LogP) is 1.29. The Kier molecular flexibility index (Phi) is 4.69. The molecule has 1 atom stereocenters. The van der Waals surface area contributed by atoms with E-state index >= 15 is 0 Å². The molecule has 4 aliphatic heterocycles. The number of hydrogen-bond donors (Lipinski definition) is 1. The van der Waals surface area contributed by atoms with Crippen molar-refractivity contribution in [2.45, 2.75) is 18.9 Å². The van der Waals surface area contributed by atoms with Crippen molar-refractivity contribution in [3.05, 3.63) is 23.8 Å². The normalized spacial score (nSPS) is 27.8. The number of likely N-dealkylation sites (N-methyl/N-ethyl adjacent to an activating group) is 1. The van der Waals surface area contributed by atoms with E-state index in [1.54, 1.807) is 30.1 Å². The van der Waals surface area contributed by atoms with Crippen LogP contribution in [0, 0.1) is 5.92 Å². The molecule has 7 heteroatoms. The first-order chi connectivity index (χ1) is 11.1. The first-order valence-electron chi connectivity index (χ1n) is 8.19. The zero-order valence-electron chi connectivity index (χ0n) is 13.7. The summed E-state index contributed by atoms with van der Waals surface area (Å²) in [6.45, 7) is 3.21. The zero-order chi connectivity index (χ0) is 16.0. The highest BCUT2D eigenvalue weighted by molar-refractivity contribution is 6.04. The van der Waals surface area contributed by atoms with Gasteiger partial charge in [-0.25, -0.2) is 0 Å². The third-order valence-electron chi connectivity index (χ3n) is 5.29. The van der Waals surface area contributed by atoms with Crippen molar-refractivity contribution in [2.75, 3.05) is 38.2 Å². The van der Waals surface area contributed by atoms with E-state index in [4.69, 9.17) is 4.74 Å². The number of rotatable bonds is 2. The van der Waals surface area contributed by atoms with Crippen LogP contribution in [0.25, 0.3) is 0 Å². The van der Waals surface area contributed by atoms with Gasteiger partial charge in [0.05, 0.1) is 11.3 Å². The monoisotopic (exact) mass is 351 g/mol. The first kappa shape index (κ1) is 17.0. The zero-order valence-corrected chi connectivity index (χ0v) is 14.5. The van der Waals surface area contributed by atoms with E-state index in [0.717, 1.165) is 32.5 Å². The molecule has 0 saturated carbocycles. The molecule has 130 valence electrons. The van der Waals surface area contributed by atoms with Crippen molar-refractivity contribution in [1.82, 2.24) is 10.2 Å². The fraction of sp³-hybridized carbons (Fsp3) is 0.529. The molecule has 24 heavy (non-hydrogen) atoms. The van der Waals surface area contributed by atoms with Crippen molar-refractivity contribution >= 4 is 29.9 Å². The van der Waals surface area contributed by atoms with Crippen molar-refractivity contribution < 1.29 is 14.3 Å². The molecule has 1 unspecified atom stereocenters. The van der Waals surface area contributed by atoms with Gasteiger partial charge in [0.1, 0.15) is 0 Å². The van der Waals surface area contributed by atoms with Crippen molar-refractivity contribution in [3.63, 3.8) is 0 Å². The SMILES string of the molecule is CN1C(=O)COc2c(C(=O)NC3CN4CCC3CC4)cccc21.Cl. The summed E-state index contributed by atoms with van der Waals surface area (Å²) in [5, 5.41) is 3.18. The predicted molar refractivity (Wildman–Crippen MR) is 93.0 cm³/mol. The molecule has 0 aliphatic carbocycles. The van der Waals surface area contributed by atoms with Gasteiger partial charge >= 0.3 is 0 Å². The Labute approximate surface area is 147 Å². The minimum Gasteiger partial charge on any atom is -0.481 e. The summed E-state index contributed by atoms with van der Waals surface area (Å²) in [4.78, 5) is 28.4. The van der Waals surface area contributed by atoms with Crippen molar-refractivity contribution in [2.24, 2.45) is 5.92 Å². The molecule has 1 N–H and O–H groups in total. The molecule has 3 saturated heterocycles. The maximum atomic E-state index is 12.7. The average Bonchev–Trinajstić information content (AvgIpc) is 2.59. The number of hydrogen-bond acceptors (Lipinski definition) is 4. The molecular weight excluding hydrogens is 330 g/mol. The lowest BCUT2D eigenvalue weighted by molar-refractivity contribution is -0.121. The van der Waals surface area contributed by atoms with Gasteiger partial charge in [0, 0.05) is 19.6 Å². The van der Waals surface area contributed by atoms with Crippen LogP contribution >= 0.6 is 12.4 Å². The summed E-state index contributed by atoms with van der Waals surface area (Å²) in [5.41, 5.74) is 1.17. The number of carbonyl (C=O) groups is 2. The van der Waals surface area contributed by atoms with E-state index in [2.05, 4.69) is 10.2 Å². The number of para-hydroxylation sites is 1. The quantitative estimate of drug-likeness (QED) is 0.872. The maximum absolute atomic E-state index is 12.7. The summed E-state index contributed by atoms with van der Waals surface area (Å²) in [5.74, 6) is 0.873. The Morgan fingerprint density at radius 2 is 2.04 bits per heavy atom. The number of nitrogens with zero attached hydrogens (tertiary/aromatic N) is 2. The van der Waals surface area contributed by atoms with Crippen LogP contribution in [0.1, 0.15) is 23.2 Å². The van der Waals surface area contributed by atoms with Crippen LogP contribution in [0.5, 0.6) is 5.75 Å². The fourth-order valence-electron chi connectivity index (χ4n) is 3.86. The number of ether oxygens (including phenoxy) is 1. The van der Waals surface area contributed by atoms with Gasteiger partial charge in [0.2, 0.25) is 0 Å². The van der Waals surface area contributed by atoms with E-state index in [-0.39, 0.29) is 36.9 Å². The van der Waals surface area contributed by atoms with Gasteiger partial charge in [0.25, 0.3) is 11.8 Å². The summed E-state index contributed by atoms with van der Waals surface area (Å²) < 4.78 is 5.55. The van der Waals surface area contributed by atoms with Crippen molar-refractivity contribution in [3.8, 4) is 5.75 Å². The standard InChI is InChI=1S/C17H21N3O3.ClH/c1-19-14-4-2-3-12(16(14)23-10-15(19)21)17(22)18-13-9-20-7-5-11(13)6-8-20;/h2-4,11,13H,5-10H2,1H3,(H,18,22);1H. The van der Waals surface area contributed by atoms with Crippen LogP contribution in [0.15, 0.2) is 18.2 Å². The topological polar surface area (TPSA) is 61.9 Å². The molecule has 5 rings (SSSR count). The molecule has 2 bridgehead atoms. The summed E-state index contributed by atoms with van der Waals surface area (Å²) in [6.07, 6.45) is 2.32. The van der Waals surface area contributed by atoms with E-state index < -0.39 is 0 Å². The lowest BCUT2D eigenvalue weighted by Crippen LogP contribution is -2.57. The molecule has 6 nitrogen and oxygen atoms in total. The van der Waals surface area contributed by atoms with Crippen LogP contribution in [0.2, 0.25) is 0 Å². The smallest absolute Gasteiger partial charge is 0.264 e. The third kappa shape index (κ3) is 2.84. The van der Waals surface area contributed by atoms with E-state index in [1.165, 1.54) is 0 Å². The van der Waals surface area contributed by atoms with Crippen LogP contribution in [-0.4, -0.2) is 56.0 Å². The molecule has 2 amide bonds. The molecule has 4 heterocycles. The number of carbonyl (C=O) groups excluding carboxylic acids is 2.